The Morgan fingerprint density at radius 2 is 2.00 bits per heavy atom. The number of phenolic OH excluding ortho intramolecular Hbond substituents is 1. The Hall–Kier alpha value is -1.84. The average molecular weight is 182 g/mol. The molecule has 0 aliphatic heterocycles. The average Bonchev–Trinajstić information content (AvgIpc) is 2.03. The fourth-order valence-electron chi connectivity index (χ4n) is 0.862. The molecule has 0 saturated heterocycles. The number of benzene rings is 1. The molecule has 68 valence electrons. The van der Waals surface area contributed by atoms with Gasteiger partial charge in [-0.25, -0.2) is 9.18 Å². The van der Waals surface area contributed by atoms with Crippen molar-refractivity contribution in [2.45, 2.75) is 0 Å². The van der Waals surface area contributed by atoms with Crippen molar-refractivity contribution in [2.24, 2.45) is 0 Å². The molecule has 4 heteroatoms. The van der Waals surface area contributed by atoms with Gasteiger partial charge in [0, 0.05) is 0 Å². The number of aromatic hydroxyl groups is 1. The van der Waals surface area contributed by atoms with Crippen molar-refractivity contribution in [3.8, 4) is 5.75 Å². The van der Waals surface area contributed by atoms with Crippen molar-refractivity contribution in [1.29, 1.82) is 0 Å². The number of hydrogen-bond donors (Lipinski definition) is 2. The minimum absolute atomic E-state index is 0.120. The number of carbonyl (C=O) groups is 1. The zero-order valence-corrected chi connectivity index (χ0v) is 6.57. The smallest absolute Gasteiger partial charge is 0.331 e. The number of hydrogen-bond acceptors (Lipinski definition) is 2. The van der Waals surface area contributed by atoms with Crippen LogP contribution in [0, 0.1) is 0 Å². The standard InChI is InChI=1S/C9H7FO3/c10-7(5-9(12)13)6-3-1-2-4-8(6)11/h1-5,11H,(H,12,13). The quantitative estimate of drug-likeness (QED) is 0.685. The molecule has 0 aliphatic carbocycles. The van der Waals surface area contributed by atoms with Gasteiger partial charge in [0.05, 0.1) is 11.6 Å². The van der Waals surface area contributed by atoms with Crippen molar-refractivity contribution >= 4 is 11.8 Å². The summed E-state index contributed by atoms with van der Waals surface area (Å²) in [4.78, 5) is 10.1. The van der Waals surface area contributed by atoms with Gasteiger partial charge < -0.3 is 10.2 Å². The zero-order valence-electron chi connectivity index (χ0n) is 6.57. The predicted molar refractivity (Wildman–Crippen MR) is 44.8 cm³/mol. The number of carboxylic acids is 1. The summed E-state index contributed by atoms with van der Waals surface area (Å²) in [6.45, 7) is 0. The van der Waals surface area contributed by atoms with Crippen LogP contribution in [-0.2, 0) is 4.79 Å². The minimum Gasteiger partial charge on any atom is -0.507 e. The number of rotatable bonds is 2. The number of phenols is 1. The number of carboxylic acid groups (broad SMARTS) is 1. The molecule has 0 unspecified atom stereocenters. The second-order valence-electron chi connectivity index (χ2n) is 2.35. The van der Waals surface area contributed by atoms with Gasteiger partial charge in [0.15, 0.2) is 0 Å². The first kappa shape index (κ1) is 9.25. The number of para-hydroxylation sites is 1. The van der Waals surface area contributed by atoms with Crippen LogP contribution in [0.3, 0.4) is 0 Å². The molecule has 1 aromatic carbocycles. The van der Waals surface area contributed by atoms with Crippen LogP contribution in [0.2, 0.25) is 0 Å². The molecule has 13 heavy (non-hydrogen) atoms. The first-order valence-corrected chi connectivity index (χ1v) is 3.50. The molecule has 0 saturated carbocycles. The maximum absolute atomic E-state index is 13.0. The van der Waals surface area contributed by atoms with Crippen molar-refractivity contribution in [3.05, 3.63) is 35.9 Å². The molecule has 3 nitrogen and oxygen atoms in total. The molecule has 0 spiro atoms. The zero-order chi connectivity index (χ0) is 9.84. The Bertz CT molecular complexity index is 358. The van der Waals surface area contributed by atoms with Crippen LogP contribution in [0.5, 0.6) is 5.75 Å². The summed E-state index contributed by atoms with van der Waals surface area (Å²) in [7, 11) is 0. The molecule has 1 rings (SSSR count). The van der Waals surface area contributed by atoms with E-state index in [1.54, 1.807) is 0 Å². The minimum atomic E-state index is -1.39. The normalized spacial score (nSPS) is 11.3. The van der Waals surface area contributed by atoms with E-state index in [0.29, 0.717) is 6.08 Å². The van der Waals surface area contributed by atoms with Gasteiger partial charge in [0.2, 0.25) is 0 Å². The molecule has 0 heterocycles. The number of halogens is 1. The lowest BCUT2D eigenvalue weighted by molar-refractivity contribution is -0.131. The van der Waals surface area contributed by atoms with Crippen molar-refractivity contribution in [3.63, 3.8) is 0 Å². The third-order valence-electron chi connectivity index (χ3n) is 1.41. The van der Waals surface area contributed by atoms with Crippen molar-refractivity contribution < 1.29 is 19.4 Å². The van der Waals surface area contributed by atoms with E-state index in [1.165, 1.54) is 24.3 Å². The topological polar surface area (TPSA) is 57.5 Å². The SMILES string of the molecule is O=C(O)C=C(F)c1ccccc1O. The van der Waals surface area contributed by atoms with Crippen LogP contribution in [0.1, 0.15) is 5.56 Å². The van der Waals surface area contributed by atoms with E-state index >= 15 is 0 Å². The lowest BCUT2D eigenvalue weighted by Crippen LogP contribution is -1.89. The lowest BCUT2D eigenvalue weighted by atomic mass is 10.1. The van der Waals surface area contributed by atoms with E-state index in [4.69, 9.17) is 10.2 Å². The largest absolute Gasteiger partial charge is 0.507 e. The Morgan fingerprint density at radius 3 is 2.54 bits per heavy atom. The van der Waals surface area contributed by atoms with E-state index in [1.807, 2.05) is 0 Å². The Balaban J connectivity index is 3.08. The predicted octanol–water partition coefficient (Wildman–Crippen LogP) is 1.79. The fraction of sp³-hybridized carbons (Fsp3) is 0. The summed E-state index contributed by atoms with van der Waals surface area (Å²) in [6, 6.07) is 5.60. The molecule has 0 fully saturated rings. The van der Waals surface area contributed by atoms with Gasteiger partial charge in [0.1, 0.15) is 11.6 Å². The van der Waals surface area contributed by atoms with Crippen LogP contribution in [0.4, 0.5) is 4.39 Å². The summed E-state index contributed by atoms with van der Waals surface area (Å²) >= 11 is 0. The molecule has 0 amide bonds. The molecule has 0 aliphatic rings. The van der Waals surface area contributed by atoms with Crippen molar-refractivity contribution in [1.82, 2.24) is 0 Å². The summed E-state index contributed by atoms with van der Waals surface area (Å²) in [5, 5.41) is 17.4. The maximum Gasteiger partial charge on any atom is 0.331 e. The van der Waals surface area contributed by atoms with Gasteiger partial charge in [-0.15, -0.1) is 0 Å². The molecule has 0 bridgehead atoms. The monoisotopic (exact) mass is 182 g/mol. The highest BCUT2D eigenvalue weighted by Crippen LogP contribution is 2.24. The highest BCUT2D eigenvalue weighted by atomic mass is 19.1. The van der Waals surface area contributed by atoms with E-state index < -0.39 is 11.8 Å². The molecule has 1 aromatic rings. The summed E-state index contributed by atoms with van der Waals surface area (Å²) in [6.07, 6.45) is 0.398. The first-order valence-electron chi connectivity index (χ1n) is 3.50. The first-order chi connectivity index (χ1) is 6.11. The highest BCUT2D eigenvalue weighted by Gasteiger charge is 2.06. The summed E-state index contributed by atoms with van der Waals surface area (Å²) in [5.41, 5.74) is -0.120. The van der Waals surface area contributed by atoms with E-state index in [2.05, 4.69) is 0 Å². The Morgan fingerprint density at radius 1 is 1.38 bits per heavy atom. The van der Waals surface area contributed by atoms with E-state index in [9.17, 15) is 9.18 Å². The third kappa shape index (κ3) is 2.30. The fourth-order valence-corrected chi connectivity index (χ4v) is 0.862. The van der Waals surface area contributed by atoms with Crippen LogP contribution in [-0.4, -0.2) is 16.2 Å². The van der Waals surface area contributed by atoms with E-state index in [-0.39, 0.29) is 11.3 Å². The van der Waals surface area contributed by atoms with Gasteiger partial charge in [-0.05, 0) is 12.1 Å². The molecular formula is C9H7FO3. The van der Waals surface area contributed by atoms with Crippen LogP contribution < -0.4 is 0 Å². The van der Waals surface area contributed by atoms with Crippen molar-refractivity contribution in [2.75, 3.05) is 0 Å². The Kier molecular flexibility index (Phi) is 2.64. The van der Waals surface area contributed by atoms with E-state index in [0.717, 1.165) is 0 Å². The van der Waals surface area contributed by atoms with Gasteiger partial charge in [-0.1, -0.05) is 12.1 Å². The second-order valence-corrected chi connectivity index (χ2v) is 2.35. The second kappa shape index (κ2) is 3.71. The van der Waals surface area contributed by atoms with Gasteiger partial charge in [0.25, 0.3) is 0 Å². The van der Waals surface area contributed by atoms with Crippen LogP contribution in [0.25, 0.3) is 5.83 Å². The lowest BCUT2D eigenvalue weighted by Gasteiger charge is -1.99. The summed E-state index contributed by atoms with van der Waals surface area (Å²) < 4.78 is 13.0. The van der Waals surface area contributed by atoms with Gasteiger partial charge in [-0.2, -0.15) is 0 Å². The third-order valence-corrected chi connectivity index (χ3v) is 1.41. The number of aliphatic carboxylic acids is 1. The van der Waals surface area contributed by atoms with Crippen LogP contribution >= 0.6 is 0 Å². The van der Waals surface area contributed by atoms with Crippen LogP contribution in [0.15, 0.2) is 30.3 Å². The van der Waals surface area contributed by atoms with Gasteiger partial charge in [-0.3, -0.25) is 0 Å². The molecule has 0 atom stereocenters. The Labute approximate surface area is 73.8 Å². The van der Waals surface area contributed by atoms with Gasteiger partial charge >= 0.3 is 5.97 Å². The molecule has 0 radical (unpaired) electrons. The molecular weight excluding hydrogens is 175 g/mol. The highest BCUT2D eigenvalue weighted by molar-refractivity contribution is 5.88. The summed E-state index contributed by atoms with van der Waals surface area (Å²) in [5.74, 6) is -2.64. The maximum atomic E-state index is 13.0. The molecule has 2 N–H and O–H groups in total. The molecule has 0 aromatic heterocycles.